The van der Waals surface area contributed by atoms with Crippen LogP contribution in [0.2, 0.25) is 0 Å². The van der Waals surface area contributed by atoms with Crippen LogP contribution in [0, 0.1) is 11.3 Å². The molecule has 0 amide bonds. The molecule has 2 atom stereocenters. The van der Waals surface area contributed by atoms with E-state index in [0.717, 1.165) is 0 Å². The summed E-state index contributed by atoms with van der Waals surface area (Å²) < 4.78 is 4.64. The largest absolute Gasteiger partial charge is 0.481 e. The fourth-order valence-electron chi connectivity index (χ4n) is 1.79. The van der Waals surface area contributed by atoms with Gasteiger partial charge in [-0.25, -0.2) is 0 Å². The summed E-state index contributed by atoms with van der Waals surface area (Å²) in [6.45, 7) is 1.64. The van der Waals surface area contributed by atoms with Crippen LogP contribution >= 0.6 is 0 Å². The van der Waals surface area contributed by atoms with Crippen LogP contribution in [0.5, 0.6) is 0 Å². The standard InChI is InChI=1S/C10H14O4/c1-10(9(13)14-2)6-4-3-5-7(10)8(11)12/h3-4,7H,5-6H2,1-2H3,(H,11,12)/t7-,10-/m0/s1. The number of rotatable bonds is 2. The van der Waals surface area contributed by atoms with Crippen molar-refractivity contribution in [2.24, 2.45) is 11.3 Å². The van der Waals surface area contributed by atoms with Gasteiger partial charge in [-0.2, -0.15) is 0 Å². The Kier molecular flexibility index (Phi) is 2.93. The molecule has 0 saturated carbocycles. The molecule has 0 aromatic heterocycles. The van der Waals surface area contributed by atoms with Crippen molar-refractivity contribution in [2.75, 3.05) is 7.11 Å². The minimum Gasteiger partial charge on any atom is -0.481 e. The van der Waals surface area contributed by atoms with Gasteiger partial charge >= 0.3 is 11.9 Å². The number of carboxylic acid groups (broad SMARTS) is 1. The molecule has 14 heavy (non-hydrogen) atoms. The topological polar surface area (TPSA) is 63.6 Å². The van der Waals surface area contributed by atoms with E-state index >= 15 is 0 Å². The van der Waals surface area contributed by atoms with Crippen molar-refractivity contribution in [1.29, 1.82) is 0 Å². The predicted octanol–water partition coefficient (Wildman–Crippen LogP) is 1.22. The number of carbonyl (C=O) groups excluding carboxylic acids is 1. The molecule has 0 bridgehead atoms. The first kappa shape index (κ1) is 10.8. The van der Waals surface area contributed by atoms with Crippen LogP contribution < -0.4 is 0 Å². The number of hydrogen-bond donors (Lipinski definition) is 1. The third-order valence-corrected chi connectivity index (χ3v) is 2.80. The molecule has 0 aliphatic heterocycles. The number of allylic oxidation sites excluding steroid dienone is 2. The number of carbonyl (C=O) groups is 2. The molecule has 0 radical (unpaired) electrons. The van der Waals surface area contributed by atoms with Crippen LogP contribution in [0.1, 0.15) is 19.8 Å². The fourth-order valence-corrected chi connectivity index (χ4v) is 1.79. The van der Waals surface area contributed by atoms with Gasteiger partial charge < -0.3 is 9.84 Å². The smallest absolute Gasteiger partial charge is 0.312 e. The van der Waals surface area contributed by atoms with E-state index in [4.69, 9.17) is 5.11 Å². The van der Waals surface area contributed by atoms with E-state index in [2.05, 4.69) is 4.74 Å². The lowest BCUT2D eigenvalue weighted by Gasteiger charge is -2.33. The zero-order valence-electron chi connectivity index (χ0n) is 8.32. The molecule has 78 valence electrons. The molecule has 0 fully saturated rings. The van der Waals surface area contributed by atoms with Gasteiger partial charge in [-0.05, 0) is 19.8 Å². The van der Waals surface area contributed by atoms with Gasteiger partial charge in [0.25, 0.3) is 0 Å². The summed E-state index contributed by atoms with van der Waals surface area (Å²) in [5, 5.41) is 8.98. The third kappa shape index (κ3) is 1.64. The van der Waals surface area contributed by atoms with E-state index in [-0.39, 0.29) is 0 Å². The summed E-state index contributed by atoms with van der Waals surface area (Å²) in [4.78, 5) is 22.4. The van der Waals surface area contributed by atoms with Gasteiger partial charge in [-0.15, -0.1) is 0 Å². The number of aliphatic carboxylic acids is 1. The molecule has 0 heterocycles. The lowest BCUT2D eigenvalue weighted by Crippen LogP contribution is -2.41. The molecule has 0 saturated heterocycles. The summed E-state index contributed by atoms with van der Waals surface area (Å²) in [7, 11) is 1.28. The quantitative estimate of drug-likeness (QED) is 0.535. The summed E-state index contributed by atoms with van der Waals surface area (Å²) >= 11 is 0. The van der Waals surface area contributed by atoms with E-state index in [1.165, 1.54) is 7.11 Å². The van der Waals surface area contributed by atoms with Crippen molar-refractivity contribution in [2.45, 2.75) is 19.8 Å². The summed E-state index contributed by atoms with van der Waals surface area (Å²) in [6, 6.07) is 0. The Balaban J connectivity index is 2.98. The third-order valence-electron chi connectivity index (χ3n) is 2.80. The molecule has 0 aromatic rings. The van der Waals surface area contributed by atoms with Gasteiger partial charge in [0.05, 0.1) is 18.4 Å². The molecule has 4 heteroatoms. The molecule has 1 N–H and O–H groups in total. The highest BCUT2D eigenvalue weighted by Crippen LogP contribution is 2.39. The van der Waals surface area contributed by atoms with Gasteiger partial charge in [0.1, 0.15) is 0 Å². The Morgan fingerprint density at radius 2 is 2.14 bits per heavy atom. The van der Waals surface area contributed by atoms with Crippen molar-refractivity contribution >= 4 is 11.9 Å². The molecule has 0 unspecified atom stereocenters. The van der Waals surface area contributed by atoms with Crippen LogP contribution in [0.25, 0.3) is 0 Å². The zero-order chi connectivity index (χ0) is 10.8. The average Bonchev–Trinajstić information content (AvgIpc) is 2.16. The summed E-state index contributed by atoms with van der Waals surface area (Å²) in [5.41, 5.74) is -0.921. The first-order valence-electron chi connectivity index (χ1n) is 4.48. The van der Waals surface area contributed by atoms with Crippen LogP contribution in [0.15, 0.2) is 12.2 Å². The van der Waals surface area contributed by atoms with Gasteiger partial charge in [-0.3, -0.25) is 9.59 Å². The zero-order valence-corrected chi connectivity index (χ0v) is 8.32. The van der Waals surface area contributed by atoms with Gasteiger partial charge in [-0.1, -0.05) is 12.2 Å². The van der Waals surface area contributed by atoms with Crippen LogP contribution in [-0.2, 0) is 14.3 Å². The number of hydrogen-bond acceptors (Lipinski definition) is 3. The van der Waals surface area contributed by atoms with Crippen molar-refractivity contribution in [3.05, 3.63) is 12.2 Å². The van der Waals surface area contributed by atoms with Gasteiger partial charge in [0.2, 0.25) is 0 Å². The Morgan fingerprint density at radius 3 is 2.64 bits per heavy atom. The Bertz CT molecular complexity index is 282. The van der Waals surface area contributed by atoms with Crippen molar-refractivity contribution < 1.29 is 19.4 Å². The van der Waals surface area contributed by atoms with E-state index in [1.54, 1.807) is 13.0 Å². The number of ether oxygens (including phenoxy) is 1. The summed E-state index contributed by atoms with van der Waals surface area (Å²) in [5.74, 6) is -2.07. The molecular weight excluding hydrogens is 184 g/mol. The normalized spacial score (nSPS) is 31.1. The number of carboxylic acids is 1. The highest BCUT2D eigenvalue weighted by Gasteiger charge is 2.46. The van der Waals surface area contributed by atoms with Crippen molar-refractivity contribution in [3.8, 4) is 0 Å². The maximum absolute atomic E-state index is 11.5. The molecule has 0 aromatic carbocycles. The SMILES string of the molecule is COC(=O)[C@@]1(C)CC=CC[C@H]1C(=O)O. The molecular formula is C10H14O4. The van der Waals surface area contributed by atoms with Crippen LogP contribution in [-0.4, -0.2) is 24.2 Å². The molecule has 1 aliphatic carbocycles. The first-order valence-corrected chi connectivity index (χ1v) is 4.48. The monoisotopic (exact) mass is 198 g/mol. The molecule has 1 rings (SSSR count). The van der Waals surface area contributed by atoms with Crippen LogP contribution in [0.4, 0.5) is 0 Å². The minimum atomic E-state index is -0.942. The van der Waals surface area contributed by atoms with Crippen molar-refractivity contribution in [1.82, 2.24) is 0 Å². The van der Waals surface area contributed by atoms with Gasteiger partial charge in [0.15, 0.2) is 0 Å². The Hall–Kier alpha value is -1.32. The summed E-state index contributed by atoms with van der Waals surface area (Å²) in [6.07, 6.45) is 4.44. The predicted molar refractivity (Wildman–Crippen MR) is 49.6 cm³/mol. The van der Waals surface area contributed by atoms with E-state index in [1.807, 2.05) is 6.08 Å². The fraction of sp³-hybridized carbons (Fsp3) is 0.600. The van der Waals surface area contributed by atoms with E-state index in [0.29, 0.717) is 12.8 Å². The van der Waals surface area contributed by atoms with E-state index in [9.17, 15) is 9.59 Å². The molecule has 0 spiro atoms. The first-order chi connectivity index (χ1) is 6.52. The second kappa shape index (κ2) is 3.82. The Morgan fingerprint density at radius 1 is 1.50 bits per heavy atom. The van der Waals surface area contributed by atoms with Crippen LogP contribution in [0.3, 0.4) is 0 Å². The minimum absolute atomic E-state index is 0.390. The highest BCUT2D eigenvalue weighted by molar-refractivity contribution is 5.84. The maximum Gasteiger partial charge on any atom is 0.312 e. The highest BCUT2D eigenvalue weighted by atomic mass is 16.5. The van der Waals surface area contributed by atoms with Gasteiger partial charge in [0, 0.05) is 0 Å². The number of esters is 1. The average molecular weight is 198 g/mol. The van der Waals surface area contributed by atoms with Crippen molar-refractivity contribution in [3.63, 3.8) is 0 Å². The molecule has 1 aliphatic rings. The number of methoxy groups -OCH3 is 1. The molecule has 4 nitrogen and oxygen atoms in total. The lowest BCUT2D eigenvalue weighted by molar-refractivity contribution is -0.164. The second-order valence-electron chi connectivity index (χ2n) is 3.71. The second-order valence-corrected chi connectivity index (χ2v) is 3.71. The maximum atomic E-state index is 11.5. The Labute approximate surface area is 82.6 Å². The lowest BCUT2D eigenvalue weighted by atomic mass is 9.70. The van der Waals surface area contributed by atoms with E-state index < -0.39 is 23.3 Å².